The third kappa shape index (κ3) is 3.84. The van der Waals surface area contributed by atoms with Crippen LogP contribution in [0.3, 0.4) is 0 Å². The number of Topliss-reactive ketones (excluding diaryl/α,β-unsaturated/α-hetero) is 1. The number of fused-ring (bicyclic) bond motifs is 1. The molecule has 0 N–H and O–H groups in total. The largest absolute Gasteiger partial charge is 0.476 e. The number of carbonyl (C=O) groups excluding carboxylic acids is 1. The van der Waals surface area contributed by atoms with Crippen molar-refractivity contribution in [3.05, 3.63) is 89.1 Å². The Morgan fingerprint density at radius 3 is 2.28 bits per heavy atom. The van der Waals surface area contributed by atoms with Crippen LogP contribution in [-0.2, 0) is 4.79 Å². The minimum atomic E-state index is -0.919. The van der Waals surface area contributed by atoms with E-state index in [4.69, 9.17) is 16.3 Å². The second-order valence-electron chi connectivity index (χ2n) is 6.53. The highest BCUT2D eigenvalue weighted by atomic mass is 35.5. The summed E-state index contributed by atoms with van der Waals surface area (Å²) in [6.45, 7) is 1.40. The summed E-state index contributed by atoms with van der Waals surface area (Å²) >= 11 is 6.41. The molecule has 0 fully saturated rings. The van der Waals surface area contributed by atoms with Gasteiger partial charge in [0.1, 0.15) is 17.4 Å². The zero-order valence-corrected chi connectivity index (χ0v) is 16.0. The molecule has 146 valence electrons. The number of halogens is 3. The van der Waals surface area contributed by atoms with E-state index >= 15 is 0 Å². The van der Waals surface area contributed by atoms with Gasteiger partial charge in [-0.15, -0.1) is 0 Å². The van der Waals surface area contributed by atoms with Gasteiger partial charge in [0.2, 0.25) is 0 Å². The van der Waals surface area contributed by atoms with Crippen LogP contribution in [0.2, 0.25) is 5.02 Å². The third-order valence-corrected chi connectivity index (χ3v) is 4.78. The SMILES string of the molecule is CC(=O)C(Oc1cc2cnn(-c3ccc(F)cc3)c2cc1Cl)c1ccc(F)cc1. The molecule has 4 nitrogen and oxygen atoms in total. The van der Waals surface area contributed by atoms with Crippen LogP contribution in [0.5, 0.6) is 5.75 Å². The Hall–Kier alpha value is -3.25. The summed E-state index contributed by atoms with van der Waals surface area (Å²) in [6.07, 6.45) is 0.709. The van der Waals surface area contributed by atoms with Gasteiger partial charge < -0.3 is 4.74 Å². The molecule has 4 rings (SSSR count). The Bertz CT molecular complexity index is 1190. The molecular formula is C22H15ClF2N2O2. The molecule has 0 aliphatic rings. The van der Waals surface area contributed by atoms with Crippen LogP contribution in [0.4, 0.5) is 8.78 Å². The van der Waals surface area contributed by atoms with Gasteiger partial charge in [-0.2, -0.15) is 5.10 Å². The van der Waals surface area contributed by atoms with Crippen molar-refractivity contribution in [3.63, 3.8) is 0 Å². The number of aromatic nitrogens is 2. The second kappa shape index (κ2) is 7.64. The normalized spacial score (nSPS) is 12.1. The number of benzene rings is 3. The second-order valence-corrected chi connectivity index (χ2v) is 6.94. The summed E-state index contributed by atoms with van der Waals surface area (Å²) in [7, 11) is 0. The maximum absolute atomic E-state index is 13.2. The lowest BCUT2D eigenvalue weighted by Gasteiger charge is -2.18. The van der Waals surface area contributed by atoms with Crippen molar-refractivity contribution in [2.24, 2.45) is 0 Å². The molecule has 1 unspecified atom stereocenters. The molecular weight excluding hydrogens is 398 g/mol. The molecule has 7 heteroatoms. The lowest BCUT2D eigenvalue weighted by Crippen LogP contribution is -2.16. The molecule has 1 aromatic heterocycles. The molecule has 1 heterocycles. The number of rotatable bonds is 5. The highest BCUT2D eigenvalue weighted by Gasteiger charge is 2.21. The van der Waals surface area contributed by atoms with Crippen LogP contribution in [0, 0.1) is 11.6 Å². The van der Waals surface area contributed by atoms with E-state index in [-0.39, 0.29) is 16.6 Å². The minimum absolute atomic E-state index is 0.241. The first-order valence-corrected chi connectivity index (χ1v) is 9.16. The van der Waals surface area contributed by atoms with E-state index in [0.717, 1.165) is 5.39 Å². The molecule has 1 atom stereocenters. The molecule has 0 saturated heterocycles. The summed E-state index contributed by atoms with van der Waals surface area (Å²) in [4.78, 5) is 12.1. The van der Waals surface area contributed by atoms with Crippen molar-refractivity contribution >= 4 is 28.3 Å². The Kier molecular flexibility index (Phi) is 5.03. The summed E-state index contributed by atoms with van der Waals surface area (Å²) in [5.41, 5.74) is 1.91. The lowest BCUT2D eigenvalue weighted by molar-refractivity contribution is -0.123. The van der Waals surface area contributed by atoms with Gasteiger partial charge >= 0.3 is 0 Å². The Balaban J connectivity index is 1.71. The number of ketones is 1. The Morgan fingerprint density at radius 1 is 1.03 bits per heavy atom. The topological polar surface area (TPSA) is 44.1 Å². The van der Waals surface area contributed by atoms with E-state index < -0.39 is 11.9 Å². The van der Waals surface area contributed by atoms with Crippen molar-refractivity contribution in [1.29, 1.82) is 0 Å². The maximum Gasteiger partial charge on any atom is 0.181 e. The number of hydrogen-bond acceptors (Lipinski definition) is 3. The predicted octanol–water partition coefficient (Wildman–Crippen LogP) is 5.67. The molecule has 0 saturated carbocycles. The van der Waals surface area contributed by atoms with E-state index in [1.54, 1.807) is 35.1 Å². The van der Waals surface area contributed by atoms with Gasteiger partial charge in [0, 0.05) is 10.9 Å². The first-order chi connectivity index (χ1) is 13.9. The summed E-state index contributed by atoms with van der Waals surface area (Å²) < 4.78 is 33.9. The minimum Gasteiger partial charge on any atom is -0.476 e. The summed E-state index contributed by atoms with van der Waals surface area (Å²) in [6, 6.07) is 14.8. The number of ether oxygens (including phenoxy) is 1. The van der Waals surface area contributed by atoms with Crippen molar-refractivity contribution in [1.82, 2.24) is 9.78 Å². The van der Waals surface area contributed by atoms with Crippen molar-refractivity contribution in [3.8, 4) is 11.4 Å². The van der Waals surface area contributed by atoms with Gasteiger partial charge in [-0.3, -0.25) is 4.79 Å². The highest BCUT2D eigenvalue weighted by Crippen LogP contribution is 2.34. The smallest absolute Gasteiger partial charge is 0.181 e. The Morgan fingerprint density at radius 2 is 1.66 bits per heavy atom. The zero-order chi connectivity index (χ0) is 20.5. The van der Waals surface area contributed by atoms with E-state index in [2.05, 4.69) is 5.10 Å². The van der Waals surface area contributed by atoms with Crippen molar-refractivity contribution < 1.29 is 18.3 Å². The van der Waals surface area contributed by atoms with E-state index in [1.165, 1.54) is 43.3 Å². The molecule has 0 spiro atoms. The van der Waals surface area contributed by atoms with Crippen LogP contribution < -0.4 is 4.74 Å². The molecule has 0 aliphatic heterocycles. The van der Waals surface area contributed by atoms with E-state index in [1.807, 2.05) is 0 Å². The molecule has 3 aromatic carbocycles. The molecule has 29 heavy (non-hydrogen) atoms. The molecule has 0 radical (unpaired) electrons. The Labute approximate surface area is 170 Å². The van der Waals surface area contributed by atoms with Gasteiger partial charge in [0.25, 0.3) is 0 Å². The van der Waals surface area contributed by atoms with Crippen LogP contribution in [0.15, 0.2) is 66.9 Å². The van der Waals surface area contributed by atoms with Crippen LogP contribution in [0.1, 0.15) is 18.6 Å². The van der Waals surface area contributed by atoms with Crippen LogP contribution in [0.25, 0.3) is 16.6 Å². The monoisotopic (exact) mass is 412 g/mol. The van der Waals surface area contributed by atoms with Gasteiger partial charge in [-0.1, -0.05) is 23.7 Å². The molecule has 0 bridgehead atoms. The van der Waals surface area contributed by atoms with E-state index in [9.17, 15) is 13.6 Å². The fraction of sp³-hybridized carbons (Fsp3) is 0.0909. The average Bonchev–Trinajstić information content (AvgIpc) is 3.10. The first kappa shape index (κ1) is 19.1. The summed E-state index contributed by atoms with van der Waals surface area (Å²) in [5, 5.41) is 5.35. The van der Waals surface area contributed by atoms with Gasteiger partial charge in [0.05, 0.1) is 22.4 Å². The first-order valence-electron chi connectivity index (χ1n) is 8.78. The molecule has 4 aromatic rings. The number of hydrogen-bond donors (Lipinski definition) is 0. The van der Waals surface area contributed by atoms with Gasteiger partial charge in [-0.05, 0) is 55.5 Å². The predicted molar refractivity (Wildman–Crippen MR) is 106 cm³/mol. The average molecular weight is 413 g/mol. The quantitative estimate of drug-likeness (QED) is 0.424. The molecule has 0 aliphatic carbocycles. The fourth-order valence-corrected chi connectivity index (χ4v) is 3.26. The maximum atomic E-state index is 13.2. The van der Waals surface area contributed by atoms with Crippen molar-refractivity contribution in [2.45, 2.75) is 13.0 Å². The number of carbonyl (C=O) groups is 1. The summed E-state index contributed by atoms with van der Waals surface area (Å²) in [5.74, 6) is -0.671. The third-order valence-electron chi connectivity index (χ3n) is 4.48. The van der Waals surface area contributed by atoms with Crippen LogP contribution in [-0.4, -0.2) is 15.6 Å². The van der Waals surface area contributed by atoms with Crippen LogP contribution >= 0.6 is 11.6 Å². The van der Waals surface area contributed by atoms with Crippen molar-refractivity contribution in [2.75, 3.05) is 0 Å². The fourth-order valence-electron chi connectivity index (χ4n) is 3.06. The van der Waals surface area contributed by atoms with Gasteiger partial charge in [0.15, 0.2) is 11.9 Å². The zero-order valence-electron chi connectivity index (χ0n) is 15.3. The van der Waals surface area contributed by atoms with Gasteiger partial charge in [-0.25, -0.2) is 13.5 Å². The van der Waals surface area contributed by atoms with E-state index in [0.29, 0.717) is 22.5 Å². The molecule has 0 amide bonds. The number of nitrogens with zero attached hydrogens (tertiary/aromatic N) is 2. The lowest BCUT2D eigenvalue weighted by atomic mass is 10.1. The highest BCUT2D eigenvalue weighted by molar-refractivity contribution is 6.32. The standard InChI is InChI=1S/C22H15ClF2N2O2/c1-13(28)22(14-2-4-16(24)5-3-14)29-21-10-15-12-26-27(20(15)11-19(21)23)18-8-6-17(25)7-9-18/h2-12,22H,1H3.